The van der Waals surface area contributed by atoms with E-state index in [1.807, 2.05) is 19.0 Å². The van der Waals surface area contributed by atoms with Gasteiger partial charge in [-0.3, -0.25) is 4.79 Å². The topological polar surface area (TPSA) is 72.6 Å². The minimum absolute atomic E-state index is 0.267. The van der Waals surface area contributed by atoms with Gasteiger partial charge >= 0.3 is 5.97 Å². The number of esters is 1. The van der Waals surface area contributed by atoms with E-state index in [9.17, 15) is 9.59 Å². The van der Waals surface area contributed by atoms with Crippen molar-refractivity contribution in [2.75, 3.05) is 27.7 Å². The molecule has 0 aliphatic heterocycles. The summed E-state index contributed by atoms with van der Waals surface area (Å²) in [7, 11) is 4.90. The molecular formula is C8H16N2O3. The van der Waals surface area contributed by atoms with Crippen molar-refractivity contribution in [1.29, 1.82) is 0 Å². The zero-order valence-electron chi connectivity index (χ0n) is 8.24. The molecule has 0 rings (SSSR count). The summed E-state index contributed by atoms with van der Waals surface area (Å²) < 4.78 is 4.34. The first-order valence-electron chi connectivity index (χ1n) is 4.00. The average Bonchev–Trinajstić information content (AvgIpc) is 2.11. The van der Waals surface area contributed by atoms with E-state index in [-0.39, 0.29) is 12.2 Å². The highest BCUT2D eigenvalue weighted by molar-refractivity contribution is 6.02. The van der Waals surface area contributed by atoms with Crippen molar-refractivity contribution in [3.05, 3.63) is 0 Å². The average molecular weight is 188 g/mol. The molecule has 13 heavy (non-hydrogen) atoms. The summed E-state index contributed by atoms with van der Waals surface area (Å²) in [5.74, 6) is -0.968. The molecule has 5 nitrogen and oxygen atoms in total. The number of Topliss-reactive ketones (excluding diaryl/α,β-unsaturated/α-hetero) is 1. The number of ketones is 1. The predicted octanol–water partition coefficient (Wildman–Crippen LogP) is -0.992. The number of nitrogens with zero attached hydrogens (tertiary/aromatic N) is 1. The van der Waals surface area contributed by atoms with E-state index in [2.05, 4.69) is 4.74 Å². The standard InChI is InChI=1S/C8H16N2O3/c1-10(2)5-4-6(11)7(9)8(12)13-3/h7H,4-5,9H2,1-3H3. The van der Waals surface area contributed by atoms with Crippen molar-refractivity contribution in [2.45, 2.75) is 12.5 Å². The van der Waals surface area contributed by atoms with Crippen molar-refractivity contribution < 1.29 is 14.3 Å². The van der Waals surface area contributed by atoms with Crippen LogP contribution < -0.4 is 5.73 Å². The van der Waals surface area contributed by atoms with Crippen molar-refractivity contribution in [1.82, 2.24) is 4.90 Å². The highest BCUT2D eigenvalue weighted by atomic mass is 16.5. The van der Waals surface area contributed by atoms with Gasteiger partial charge in [-0.05, 0) is 14.1 Å². The molecule has 0 aliphatic rings. The Bertz CT molecular complexity index is 192. The number of ether oxygens (including phenoxy) is 1. The van der Waals surface area contributed by atoms with Crippen LogP contribution in [-0.4, -0.2) is 50.4 Å². The van der Waals surface area contributed by atoms with Gasteiger partial charge in [0.1, 0.15) is 0 Å². The second kappa shape index (κ2) is 5.66. The maximum absolute atomic E-state index is 11.2. The molecule has 0 fully saturated rings. The number of nitrogens with two attached hydrogens (primary N) is 1. The molecule has 5 heteroatoms. The maximum Gasteiger partial charge on any atom is 0.330 e. The van der Waals surface area contributed by atoms with Gasteiger partial charge in [0, 0.05) is 13.0 Å². The van der Waals surface area contributed by atoms with Crippen LogP contribution in [0.5, 0.6) is 0 Å². The van der Waals surface area contributed by atoms with E-state index in [1.165, 1.54) is 7.11 Å². The van der Waals surface area contributed by atoms with Crippen molar-refractivity contribution in [3.8, 4) is 0 Å². The van der Waals surface area contributed by atoms with Gasteiger partial charge in [-0.15, -0.1) is 0 Å². The molecule has 0 aliphatic carbocycles. The fraction of sp³-hybridized carbons (Fsp3) is 0.750. The number of carbonyl (C=O) groups is 2. The van der Waals surface area contributed by atoms with Crippen LogP contribution in [0.3, 0.4) is 0 Å². The Labute approximate surface area is 77.8 Å². The molecule has 0 amide bonds. The predicted molar refractivity (Wildman–Crippen MR) is 48.2 cm³/mol. The fourth-order valence-electron chi connectivity index (χ4n) is 0.748. The highest BCUT2D eigenvalue weighted by Gasteiger charge is 2.21. The summed E-state index contributed by atoms with van der Waals surface area (Å²) in [6.45, 7) is 0.587. The van der Waals surface area contributed by atoms with Gasteiger partial charge < -0.3 is 15.4 Å². The van der Waals surface area contributed by atoms with Crippen LogP contribution in [0, 0.1) is 0 Å². The summed E-state index contributed by atoms with van der Waals surface area (Å²) in [6.07, 6.45) is 0.267. The van der Waals surface area contributed by atoms with Gasteiger partial charge in [-0.2, -0.15) is 0 Å². The molecule has 0 bridgehead atoms. The van der Waals surface area contributed by atoms with E-state index in [1.54, 1.807) is 0 Å². The molecule has 0 saturated carbocycles. The van der Waals surface area contributed by atoms with Crippen LogP contribution in [0.15, 0.2) is 0 Å². The van der Waals surface area contributed by atoms with Crippen molar-refractivity contribution in [2.24, 2.45) is 5.73 Å². The molecule has 0 spiro atoms. The summed E-state index contributed by atoms with van der Waals surface area (Å²) >= 11 is 0. The summed E-state index contributed by atoms with van der Waals surface area (Å²) in [5, 5.41) is 0. The third kappa shape index (κ3) is 4.59. The minimum Gasteiger partial charge on any atom is -0.468 e. The second-order valence-corrected chi connectivity index (χ2v) is 3.02. The van der Waals surface area contributed by atoms with Crippen molar-refractivity contribution >= 4 is 11.8 Å². The van der Waals surface area contributed by atoms with E-state index in [0.29, 0.717) is 6.54 Å². The van der Waals surface area contributed by atoms with Gasteiger partial charge in [0.05, 0.1) is 7.11 Å². The first-order chi connectivity index (χ1) is 5.99. The molecule has 0 aromatic heterocycles. The van der Waals surface area contributed by atoms with Crippen molar-refractivity contribution in [3.63, 3.8) is 0 Å². The van der Waals surface area contributed by atoms with E-state index < -0.39 is 12.0 Å². The maximum atomic E-state index is 11.2. The van der Waals surface area contributed by atoms with Crippen LogP contribution in [0.4, 0.5) is 0 Å². The largest absolute Gasteiger partial charge is 0.468 e. The number of rotatable bonds is 5. The monoisotopic (exact) mass is 188 g/mol. The van der Waals surface area contributed by atoms with Crippen LogP contribution in [0.2, 0.25) is 0 Å². The third-order valence-corrected chi connectivity index (χ3v) is 1.61. The van der Waals surface area contributed by atoms with Crippen LogP contribution in [0.1, 0.15) is 6.42 Å². The summed E-state index contributed by atoms with van der Waals surface area (Å²) in [5.41, 5.74) is 5.31. The normalized spacial score (nSPS) is 12.7. The van der Waals surface area contributed by atoms with E-state index >= 15 is 0 Å². The molecule has 0 saturated heterocycles. The number of hydrogen-bond donors (Lipinski definition) is 1. The van der Waals surface area contributed by atoms with Crippen LogP contribution in [-0.2, 0) is 14.3 Å². The molecule has 1 unspecified atom stereocenters. The quantitative estimate of drug-likeness (QED) is 0.443. The molecule has 0 aromatic rings. The highest BCUT2D eigenvalue weighted by Crippen LogP contribution is 1.93. The smallest absolute Gasteiger partial charge is 0.330 e. The van der Waals surface area contributed by atoms with Crippen LogP contribution >= 0.6 is 0 Å². The number of methoxy groups -OCH3 is 1. The lowest BCUT2D eigenvalue weighted by atomic mass is 10.1. The lowest BCUT2D eigenvalue weighted by Gasteiger charge is -2.11. The molecule has 0 aromatic carbocycles. The van der Waals surface area contributed by atoms with Gasteiger partial charge in [0.2, 0.25) is 0 Å². The Morgan fingerprint density at radius 3 is 2.38 bits per heavy atom. The third-order valence-electron chi connectivity index (χ3n) is 1.61. The number of hydrogen-bond acceptors (Lipinski definition) is 5. The number of carbonyl (C=O) groups excluding carboxylic acids is 2. The Morgan fingerprint density at radius 2 is 2.00 bits per heavy atom. The Morgan fingerprint density at radius 1 is 1.46 bits per heavy atom. The molecule has 1 atom stereocenters. The Balaban J connectivity index is 3.90. The van der Waals surface area contributed by atoms with E-state index in [0.717, 1.165) is 0 Å². The molecule has 0 heterocycles. The van der Waals surface area contributed by atoms with Gasteiger partial charge in [-0.25, -0.2) is 4.79 Å². The lowest BCUT2D eigenvalue weighted by molar-refractivity contribution is -0.145. The summed E-state index contributed by atoms with van der Waals surface area (Å²) in [6, 6.07) is -1.13. The zero-order chi connectivity index (χ0) is 10.4. The molecule has 2 N–H and O–H groups in total. The molecular weight excluding hydrogens is 172 g/mol. The van der Waals surface area contributed by atoms with Gasteiger partial charge in [-0.1, -0.05) is 0 Å². The van der Waals surface area contributed by atoms with Crippen LogP contribution in [0.25, 0.3) is 0 Å². The molecule has 0 radical (unpaired) electrons. The van der Waals surface area contributed by atoms with Gasteiger partial charge in [0.25, 0.3) is 0 Å². The second-order valence-electron chi connectivity index (χ2n) is 3.02. The first-order valence-corrected chi connectivity index (χ1v) is 4.00. The Hall–Kier alpha value is -0.940. The Kier molecular flexibility index (Phi) is 5.25. The molecule has 76 valence electrons. The SMILES string of the molecule is COC(=O)C(N)C(=O)CCN(C)C. The first kappa shape index (κ1) is 12.1. The minimum atomic E-state index is -1.13. The summed E-state index contributed by atoms with van der Waals surface area (Å²) in [4.78, 5) is 23.9. The van der Waals surface area contributed by atoms with E-state index in [4.69, 9.17) is 5.73 Å². The lowest BCUT2D eigenvalue weighted by Crippen LogP contribution is -2.40. The van der Waals surface area contributed by atoms with Gasteiger partial charge in [0.15, 0.2) is 11.8 Å². The fourth-order valence-corrected chi connectivity index (χ4v) is 0.748. The zero-order valence-corrected chi connectivity index (χ0v) is 8.24.